The molecular weight excluding hydrogens is 319 g/mol. The maximum Gasteiger partial charge on any atom is 0.188 e. The summed E-state index contributed by atoms with van der Waals surface area (Å²) in [4.78, 5) is 12.1. The van der Waals surface area contributed by atoms with E-state index < -0.39 is 17.0 Å². The van der Waals surface area contributed by atoms with Gasteiger partial charge >= 0.3 is 0 Å². The predicted molar refractivity (Wildman–Crippen MR) is 73.5 cm³/mol. The summed E-state index contributed by atoms with van der Waals surface area (Å²) in [5.74, 6) is -1.01. The third-order valence-corrected chi connectivity index (χ3v) is 3.46. The molecule has 1 nitrogen and oxygen atoms in total. The summed E-state index contributed by atoms with van der Waals surface area (Å²) in [6.45, 7) is 0. The van der Waals surface area contributed by atoms with Gasteiger partial charge in [0, 0.05) is 4.47 Å². The molecule has 0 aliphatic rings. The monoisotopic (exact) mass is 326 g/mol. The Balaban J connectivity index is 2.32. The molecule has 2 aromatic rings. The Labute approximate surface area is 118 Å². The van der Waals surface area contributed by atoms with E-state index in [1.165, 1.54) is 12.1 Å². The first kappa shape index (κ1) is 13.2. The predicted octanol–water partition coefficient (Wildman–Crippen LogP) is 4.75. The maximum absolute atomic E-state index is 13.7. The molecule has 0 fully saturated rings. The standard InChI is InChI=1S/C14H9BrClFO/c15-10-6-7-11(12(17)8-10)14(18)13(16)9-4-2-1-3-5-9/h1-8,13H. The van der Waals surface area contributed by atoms with E-state index >= 15 is 0 Å². The lowest BCUT2D eigenvalue weighted by molar-refractivity contribution is 0.0983. The minimum atomic E-state index is -0.873. The molecule has 1 unspecified atom stereocenters. The highest BCUT2D eigenvalue weighted by molar-refractivity contribution is 9.10. The number of hydrogen-bond donors (Lipinski definition) is 0. The fourth-order valence-electron chi connectivity index (χ4n) is 1.60. The topological polar surface area (TPSA) is 17.1 Å². The number of ketones is 1. The van der Waals surface area contributed by atoms with E-state index in [1.54, 1.807) is 30.3 Å². The molecule has 0 spiro atoms. The summed E-state index contributed by atoms with van der Waals surface area (Å²) in [5, 5.41) is -0.873. The molecule has 0 N–H and O–H groups in total. The van der Waals surface area contributed by atoms with Crippen LogP contribution < -0.4 is 0 Å². The van der Waals surface area contributed by atoms with Crippen LogP contribution in [0.2, 0.25) is 0 Å². The lowest BCUT2D eigenvalue weighted by Crippen LogP contribution is -2.09. The zero-order chi connectivity index (χ0) is 13.1. The van der Waals surface area contributed by atoms with Crippen LogP contribution in [-0.2, 0) is 0 Å². The van der Waals surface area contributed by atoms with E-state index in [4.69, 9.17) is 11.6 Å². The third-order valence-electron chi connectivity index (χ3n) is 2.52. The zero-order valence-corrected chi connectivity index (χ0v) is 11.6. The molecule has 1 atom stereocenters. The molecule has 2 aromatic carbocycles. The second-order valence-electron chi connectivity index (χ2n) is 3.76. The minimum Gasteiger partial charge on any atom is -0.292 e. The molecule has 0 saturated carbocycles. The van der Waals surface area contributed by atoms with Gasteiger partial charge in [0.15, 0.2) is 5.78 Å². The van der Waals surface area contributed by atoms with Gasteiger partial charge in [-0.3, -0.25) is 4.79 Å². The van der Waals surface area contributed by atoms with Gasteiger partial charge in [0.05, 0.1) is 5.56 Å². The number of halogens is 3. The van der Waals surface area contributed by atoms with Crippen molar-refractivity contribution < 1.29 is 9.18 Å². The molecule has 0 aliphatic carbocycles. The molecular formula is C14H9BrClFO. The molecule has 0 aliphatic heterocycles. The Hall–Kier alpha value is -1.19. The van der Waals surface area contributed by atoms with Crippen LogP contribution >= 0.6 is 27.5 Å². The van der Waals surface area contributed by atoms with E-state index in [1.807, 2.05) is 6.07 Å². The van der Waals surface area contributed by atoms with Crippen LogP contribution in [0.15, 0.2) is 53.0 Å². The highest BCUT2D eigenvalue weighted by Crippen LogP contribution is 2.27. The summed E-state index contributed by atoms with van der Waals surface area (Å²) >= 11 is 9.22. The molecule has 0 radical (unpaired) electrons. The number of hydrogen-bond acceptors (Lipinski definition) is 1. The second kappa shape index (κ2) is 5.63. The molecule has 2 rings (SSSR count). The molecule has 0 aromatic heterocycles. The van der Waals surface area contributed by atoms with Gasteiger partial charge in [0.25, 0.3) is 0 Å². The van der Waals surface area contributed by atoms with Crippen LogP contribution in [0.4, 0.5) is 4.39 Å². The second-order valence-corrected chi connectivity index (χ2v) is 5.11. The summed E-state index contributed by atoms with van der Waals surface area (Å²) in [6, 6.07) is 13.2. The van der Waals surface area contributed by atoms with Gasteiger partial charge in [0.2, 0.25) is 0 Å². The highest BCUT2D eigenvalue weighted by atomic mass is 79.9. The Morgan fingerprint density at radius 1 is 1.17 bits per heavy atom. The average Bonchev–Trinajstić information content (AvgIpc) is 2.38. The minimum absolute atomic E-state index is 0.00190. The van der Waals surface area contributed by atoms with Gasteiger partial charge < -0.3 is 0 Å². The third kappa shape index (κ3) is 2.79. The molecule has 4 heteroatoms. The van der Waals surface area contributed by atoms with Crippen molar-refractivity contribution in [2.75, 3.05) is 0 Å². The lowest BCUT2D eigenvalue weighted by atomic mass is 10.0. The van der Waals surface area contributed by atoms with Crippen molar-refractivity contribution in [1.29, 1.82) is 0 Å². The summed E-state index contributed by atoms with van der Waals surface area (Å²) < 4.78 is 14.3. The number of carbonyl (C=O) groups is 1. The first-order valence-corrected chi connectivity index (χ1v) is 6.51. The average molecular weight is 328 g/mol. The van der Waals surface area contributed by atoms with Crippen molar-refractivity contribution in [1.82, 2.24) is 0 Å². The first-order valence-electron chi connectivity index (χ1n) is 5.28. The van der Waals surface area contributed by atoms with E-state index in [0.717, 1.165) is 0 Å². The van der Waals surface area contributed by atoms with Gasteiger partial charge in [-0.15, -0.1) is 11.6 Å². The Bertz CT molecular complexity index is 571. The van der Waals surface area contributed by atoms with Crippen LogP contribution in [0.1, 0.15) is 21.3 Å². The largest absolute Gasteiger partial charge is 0.292 e. The van der Waals surface area contributed by atoms with Gasteiger partial charge in [-0.2, -0.15) is 0 Å². The van der Waals surface area contributed by atoms with Crippen molar-refractivity contribution in [2.24, 2.45) is 0 Å². The SMILES string of the molecule is O=C(c1ccc(Br)cc1F)C(Cl)c1ccccc1. The lowest BCUT2D eigenvalue weighted by Gasteiger charge is -2.09. The normalized spacial score (nSPS) is 12.2. The number of Topliss-reactive ketones (excluding diaryl/α,β-unsaturated/α-hetero) is 1. The summed E-state index contributed by atoms with van der Waals surface area (Å²) in [6.07, 6.45) is 0. The van der Waals surface area contributed by atoms with E-state index in [9.17, 15) is 9.18 Å². The summed E-state index contributed by atoms with van der Waals surface area (Å²) in [5.41, 5.74) is 0.661. The van der Waals surface area contributed by atoms with Crippen LogP contribution in [-0.4, -0.2) is 5.78 Å². The number of benzene rings is 2. The molecule has 18 heavy (non-hydrogen) atoms. The van der Waals surface area contributed by atoms with Gasteiger partial charge in [-0.1, -0.05) is 46.3 Å². The Kier molecular flexibility index (Phi) is 4.15. The van der Waals surface area contributed by atoms with Gasteiger partial charge in [0.1, 0.15) is 11.2 Å². The molecule has 0 saturated heterocycles. The van der Waals surface area contributed by atoms with Crippen molar-refractivity contribution in [3.05, 3.63) is 69.9 Å². The molecule has 0 amide bonds. The molecule has 92 valence electrons. The van der Waals surface area contributed by atoms with Crippen molar-refractivity contribution in [2.45, 2.75) is 5.38 Å². The van der Waals surface area contributed by atoms with Crippen molar-refractivity contribution in [3.8, 4) is 0 Å². The number of rotatable bonds is 3. The smallest absolute Gasteiger partial charge is 0.188 e. The van der Waals surface area contributed by atoms with Crippen molar-refractivity contribution in [3.63, 3.8) is 0 Å². The first-order chi connectivity index (χ1) is 8.59. The van der Waals surface area contributed by atoms with Crippen molar-refractivity contribution >= 4 is 33.3 Å². The zero-order valence-electron chi connectivity index (χ0n) is 9.24. The van der Waals surface area contributed by atoms with E-state index in [0.29, 0.717) is 10.0 Å². The number of carbonyl (C=O) groups excluding carboxylic acids is 1. The van der Waals surface area contributed by atoms with Gasteiger partial charge in [-0.25, -0.2) is 4.39 Å². The quantitative estimate of drug-likeness (QED) is 0.587. The Morgan fingerprint density at radius 2 is 1.83 bits per heavy atom. The highest BCUT2D eigenvalue weighted by Gasteiger charge is 2.22. The fourth-order valence-corrected chi connectivity index (χ4v) is 2.20. The van der Waals surface area contributed by atoms with E-state index in [2.05, 4.69) is 15.9 Å². The van der Waals surface area contributed by atoms with E-state index in [-0.39, 0.29) is 5.56 Å². The van der Waals surface area contributed by atoms with Crippen LogP contribution in [0.25, 0.3) is 0 Å². The number of alkyl halides is 1. The van der Waals surface area contributed by atoms with Gasteiger partial charge in [-0.05, 0) is 23.8 Å². The van der Waals surface area contributed by atoms with Crippen LogP contribution in [0, 0.1) is 5.82 Å². The molecule has 0 bridgehead atoms. The van der Waals surface area contributed by atoms with Crippen LogP contribution in [0.3, 0.4) is 0 Å². The summed E-state index contributed by atoms with van der Waals surface area (Å²) in [7, 11) is 0. The molecule has 0 heterocycles. The maximum atomic E-state index is 13.7. The Morgan fingerprint density at radius 3 is 2.44 bits per heavy atom. The fraction of sp³-hybridized carbons (Fsp3) is 0.0714. The van der Waals surface area contributed by atoms with Crippen LogP contribution in [0.5, 0.6) is 0 Å².